The van der Waals surface area contributed by atoms with Crippen LogP contribution in [0.25, 0.3) is 27.6 Å². The van der Waals surface area contributed by atoms with Crippen LogP contribution in [0, 0.1) is 4.77 Å². The van der Waals surface area contributed by atoms with Gasteiger partial charge in [-0.15, -0.1) is 0 Å². The van der Waals surface area contributed by atoms with Crippen LogP contribution in [0.2, 0.25) is 5.02 Å². The van der Waals surface area contributed by atoms with Gasteiger partial charge in [0, 0.05) is 15.9 Å². The molecule has 0 spiro atoms. The van der Waals surface area contributed by atoms with Gasteiger partial charge >= 0.3 is 0 Å². The second-order valence-corrected chi connectivity index (χ2v) is 5.79. The summed E-state index contributed by atoms with van der Waals surface area (Å²) < 4.78 is 1.81. The summed E-state index contributed by atoms with van der Waals surface area (Å²) in [5.41, 5.74) is 2.63. The van der Waals surface area contributed by atoms with E-state index in [0.717, 1.165) is 16.4 Å². The summed E-state index contributed by atoms with van der Waals surface area (Å²) in [7, 11) is 0. The minimum atomic E-state index is -0.183. The molecule has 2 N–H and O–H groups in total. The Hall–Kier alpha value is -2.37. The SMILES string of the molecule is O=c1c2[nH]c3ccccc3c2[nH]c(=S)n1-c1ccc(Cl)cc1. The van der Waals surface area contributed by atoms with E-state index in [9.17, 15) is 4.79 Å². The zero-order valence-corrected chi connectivity index (χ0v) is 12.8. The van der Waals surface area contributed by atoms with E-state index in [1.54, 1.807) is 24.3 Å². The van der Waals surface area contributed by atoms with E-state index in [0.29, 0.717) is 21.0 Å². The Bertz CT molecular complexity index is 1120. The summed E-state index contributed by atoms with van der Waals surface area (Å²) in [6.45, 7) is 0. The standard InChI is InChI=1S/C16H10ClN3OS/c17-9-5-7-10(8-6-9)20-15(21)14-13(19-16(20)22)11-3-1-2-4-12(11)18-14/h1-8,18H,(H,19,22). The molecule has 2 aromatic carbocycles. The van der Waals surface area contributed by atoms with Crippen LogP contribution in [-0.4, -0.2) is 14.5 Å². The highest BCUT2D eigenvalue weighted by Gasteiger charge is 2.12. The van der Waals surface area contributed by atoms with E-state index < -0.39 is 0 Å². The first-order chi connectivity index (χ1) is 10.6. The van der Waals surface area contributed by atoms with E-state index in [1.807, 2.05) is 24.3 Å². The Morgan fingerprint density at radius 2 is 1.68 bits per heavy atom. The highest BCUT2D eigenvalue weighted by molar-refractivity contribution is 7.71. The number of H-pyrrole nitrogens is 2. The smallest absolute Gasteiger partial charge is 0.283 e. The van der Waals surface area contributed by atoms with Gasteiger partial charge in [0.25, 0.3) is 5.56 Å². The van der Waals surface area contributed by atoms with Crippen LogP contribution in [-0.2, 0) is 0 Å². The highest BCUT2D eigenvalue weighted by Crippen LogP contribution is 2.22. The summed E-state index contributed by atoms with van der Waals surface area (Å²) in [5, 5.41) is 1.56. The van der Waals surface area contributed by atoms with Crippen LogP contribution in [0.3, 0.4) is 0 Å². The van der Waals surface area contributed by atoms with Gasteiger partial charge in [0.1, 0.15) is 5.52 Å². The van der Waals surface area contributed by atoms with Crippen LogP contribution in [0.5, 0.6) is 0 Å². The molecule has 0 saturated heterocycles. The number of benzene rings is 2. The van der Waals surface area contributed by atoms with Crippen LogP contribution in [0.15, 0.2) is 53.3 Å². The van der Waals surface area contributed by atoms with Gasteiger partial charge in [-0.25, -0.2) is 0 Å². The zero-order chi connectivity index (χ0) is 15.3. The molecule has 2 aromatic heterocycles. The predicted octanol–water partition coefficient (Wildman–Crippen LogP) is 4.18. The number of hydrogen-bond donors (Lipinski definition) is 2. The molecule has 0 bridgehead atoms. The van der Waals surface area contributed by atoms with E-state index >= 15 is 0 Å². The maximum atomic E-state index is 12.8. The molecular formula is C16H10ClN3OS. The van der Waals surface area contributed by atoms with Gasteiger partial charge in [-0.1, -0.05) is 29.8 Å². The predicted molar refractivity (Wildman–Crippen MR) is 91.6 cm³/mol. The molecule has 0 aliphatic carbocycles. The first-order valence-corrected chi connectivity index (χ1v) is 7.45. The van der Waals surface area contributed by atoms with Crippen molar-refractivity contribution in [1.29, 1.82) is 0 Å². The maximum absolute atomic E-state index is 12.8. The van der Waals surface area contributed by atoms with Gasteiger partial charge in [0.2, 0.25) is 0 Å². The number of hydrogen-bond acceptors (Lipinski definition) is 2. The van der Waals surface area contributed by atoms with Crippen molar-refractivity contribution in [1.82, 2.24) is 14.5 Å². The Labute approximate surface area is 135 Å². The number of nitrogens with one attached hydrogen (secondary N) is 2. The second kappa shape index (κ2) is 4.83. The first-order valence-electron chi connectivity index (χ1n) is 6.67. The minimum absolute atomic E-state index is 0.183. The number of rotatable bonds is 1. The van der Waals surface area contributed by atoms with E-state index in [-0.39, 0.29) is 5.56 Å². The van der Waals surface area contributed by atoms with E-state index in [2.05, 4.69) is 9.97 Å². The van der Waals surface area contributed by atoms with Crippen molar-refractivity contribution in [3.05, 3.63) is 68.7 Å². The summed E-state index contributed by atoms with van der Waals surface area (Å²) in [4.78, 5) is 19.1. The number of aromatic amines is 2. The van der Waals surface area contributed by atoms with E-state index in [4.69, 9.17) is 23.8 Å². The van der Waals surface area contributed by atoms with Gasteiger partial charge in [-0.3, -0.25) is 9.36 Å². The van der Waals surface area contributed by atoms with Crippen molar-refractivity contribution in [3.8, 4) is 5.69 Å². The molecule has 0 amide bonds. The second-order valence-electron chi connectivity index (χ2n) is 4.97. The lowest BCUT2D eigenvalue weighted by Crippen LogP contribution is -2.20. The summed E-state index contributed by atoms with van der Waals surface area (Å²) >= 11 is 11.3. The third-order valence-electron chi connectivity index (χ3n) is 3.64. The molecule has 108 valence electrons. The first kappa shape index (κ1) is 13.3. The lowest BCUT2D eigenvalue weighted by molar-refractivity contribution is 0.938. The van der Waals surface area contributed by atoms with Gasteiger partial charge in [-0.05, 0) is 42.5 Å². The largest absolute Gasteiger partial charge is 0.349 e. The topological polar surface area (TPSA) is 53.6 Å². The molecule has 0 aliphatic heterocycles. The molecule has 0 fully saturated rings. The van der Waals surface area contributed by atoms with Crippen molar-refractivity contribution < 1.29 is 0 Å². The Kier molecular flexibility index (Phi) is 2.92. The number of para-hydroxylation sites is 1. The van der Waals surface area contributed by atoms with Crippen molar-refractivity contribution in [3.63, 3.8) is 0 Å². The maximum Gasteiger partial charge on any atom is 0.283 e. The molecular weight excluding hydrogens is 318 g/mol. The molecule has 0 radical (unpaired) electrons. The summed E-state index contributed by atoms with van der Waals surface area (Å²) in [5.74, 6) is 0. The molecule has 2 heterocycles. The van der Waals surface area contributed by atoms with Gasteiger partial charge in [-0.2, -0.15) is 0 Å². The molecule has 4 rings (SSSR count). The number of nitrogens with zero attached hydrogens (tertiary/aromatic N) is 1. The Morgan fingerprint density at radius 3 is 2.45 bits per heavy atom. The van der Waals surface area contributed by atoms with Crippen LogP contribution in [0.4, 0.5) is 0 Å². The number of fused-ring (bicyclic) bond motifs is 3. The zero-order valence-electron chi connectivity index (χ0n) is 11.3. The van der Waals surface area contributed by atoms with Crippen LogP contribution in [0.1, 0.15) is 0 Å². The fourth-order valence-electron chi connectivity index (χ4n) is 2.62. The van der Waals surface area contributed by atoms with Gasteiger partial charge in [0.15, 0.2) is 4.77 Å². The van der Waals surface area contributed by atoms with Gasteiger partial charge in [0.05, 0.1) is 11.2 Å². The average Bonchev–Trinajstić information content (AvgIpc) is 2.88. The molecule has 0 aliphatic rings. The fourth-order valence-corrected chi connectivity index (χ4v) is 3.04. The molecule has 0 saturated carbocycles. The average molecular weight is 328 g/mol. The fraction of sp³-hybridized carbons (Fsp3) is 0. The van der Waals surface area contributed by atoms with Crippen LogP contribution >= 0.6 is 23.8 Å². The van der Waals surface area contributed by atoms with Crippen molar-refractivity contribution in [2.75, 3.05) is 0 Å². The lowest BCUT2D eigenvalue weighted by atomic mass is 10.2. The third kappa shape index (κ3) is 1.90. The normalized spacial score (nSPS) is 11.3. The Balaban J connectivity index is 2.13. The molecule has 0 unspecified atom stereocenters. The van der Waals surface area contributed by atoms with Crippen molar-refractivity contribution in [2.24, 2.45) is 0 Å². The van der Waals surface area contributed by atoms with Crippen LogP contribution < -0.4 is 5.56 Å². The van der Waals surface area contributed by atoms with E-state index in [1.165, 1.54) is 4.57 Å². The quantitative estimate of drug-likeness (QED) is 0.515. The van der Waals surface area contributed by atoms with Gasteiger partial charge < -0.3 is 9.97 Å². The number of halogens is 1. The summed E-state index contributed by atoms with van der Waals surface area (Å²) in [6, 6.07) is 14.7. The molecule has 6 heteroatoms. The van der Waals surface area contributed by atoms with Crippen molar-refractivity contribution >= 4 is 45.8 Å². The molecule has 0 atom stereocenters. The number of aromatic nitrogens is 3. The Morgan fingerprint density at radius 1 is 0.955 bits per heavy atom. The molecule has 4 aromatic rings. The lowest BCUT2D eigenvalue weighted by Gasteiger charge is -2.06. The third-order valence-corrected chi connectivity index (χ3v) is 4.18. The molecule has 4 nitrogen and oxygen atoms in total. The van der Waals surface area contributed by atoms with Crippen molar-refractivity contribution in [2.45, 2.75) is 0 Å². The minimum Gasteiger partial charge on any atom is -0.349 e. The molecule has 22 heavy (non-hydrogen) atoms. The summed E-state index contributed by atoms with van der Waals surface area (Å²) in [6.07, 6.45) is 0. The highest BCUT2D eigenvalue weighted by atomic mass is 35.5. The monoisotopic (exact) mass is 327 g/mol.